The molecule has 3 heteroatoms. The second-order valence-corrected chi connectivity index (χ2v) is 6.45. The molecule has 0 radical (unpaired) electrons. The third-order valence-electron chi connectivity index (χ3n) is 5.04. The van der Waals surface area contributed by atoms with Gasteiger partial charge >= 0.3 is 0 Å². The fourth-order valence-corrected chi connectivity index (χ4v) is 3.69. The van der Waals surface area contributed by atoms with E-state index in [0.717, 1.165) is 32.5 Å². The van der Waals surface area contributed by atoms with Crippen LogP contribution in [0.1, 0.15) is 62.1 Å². The Morgan fingerprint density at radius 2 is 1.90 bits per heavy atom. The fraction of sp³-hybridized carbons (Fsp3) is 0.611. The lowest BCUT2D eigenvalue weighted by Crippen LogP contribution is -2.36. The quantitative estimate of drug-likeness (QED) is 0.905. The number of hydrogen-bond acceptors (Lipinski definition) is 2. The molecule has 1 aromatic rings. The van der Waals surface area contributed by atoms with E-state index in [-0.39, 0.29) is 5.91 Å². The molecule has 1 aromatic carbocycles. The monoisotopic (exact) mass is 286 g/mol. The Balaban J connectivity index is 1.67. The highest BCUT2D eigenvalue weighted by atomic mass is 16.2. The average Bonchev–Trinajstić information content (AvgIpc) is 2.56. The molecule has 21 heavy (non-hydrogen) atoms. The van der Waals surface area contributed by atoms with Gasteiger partial charge in [-0.1, -0.05) is 30.7 Å². The van der Waals surface area contributed by atoms with Crippen molar-refractivity contribution in [3.05, 3.63) is 35.4 Å². The van der Waals surface area contributed by atoms with Gasteiger partial charge in [-0.3, -0.25) is 4.79 Å². The van der Waals surface area contributed by atoms with Crippen LogP contribution in [0.3, 0.4) is 0 Å². The van der Waals surface area contributed by atoms with Gasteiger partial charge in [0.15, 0.2) is 0 Å². The first-order chi connectivity index (χ1) is 10.2. The maximum atomic E-state index is 11.4. The van der Waals surface area contributed by atoms with Gasteiger partial charge in [0, 0.05) is 26.1 Å². The number of likely N-dealkylation sites (tertiary alicyclic amines) is 1. The molecule has 2 saturated heterocycles. The van der Waals surface area contributed by atoms with Gasteiger partial charge in [0.2, 0.25) is 5.91 Å². The molecular formula is C18H26N2O. The molecule has 1 N–H and O–H groups in total. The van der Waals surface area contributed by atoms with Gasteiger partial charge in [-0.2, -0.15) is 0 Å². The van der Waals surface area contributed by atoms with Crippen molar-refractivity contribution in [2.45, 2.75) is 51.0 Å². The van der Waals surface area contributed by atoms with Crippen LogP contribution >= 0.6 is 0 Å². The maximum absolute atomic E-state index is 11.4. The molecule has 0 aliphatic carbocycles. The molecule has 0 unspecified atom stereocenters. The van der Waals surface area contributed by atoms with E-state index in [9.17, 15) is 4.79 Å². The number of rotatable bonds is 2. The zero-order valence-corrected chi connectivity index (χ0v) is 13.0. The maximum Gasteiger partial charge on any atom is 0.219 e. The van der Waals surface area contributed by atoms with Gasteiger partial charge in [-0.05, 0) is 49.3 Å². The van der Waals surface area contributed by atoms with Crippen molar-refractivity contribution in [2.75, 3.05) is 19.6 Å². The first-order valence-electron chi connectivity index (χ1n) is 8.33. The molecule has 0 bridgehead atoms. The van der Waals surface area contributed by atoms with Crippen LogP contribution in [0, 0.1) is 0 Å². The minimum atomic E-state index is 0.216. The molecule has 2 aliphatic rings. The van der Waals surface area contributed by atoms with Crippen LogP contribution in [0.25, 0.3) is 0 Å². The van der Waals surface area contributed by atoms with Crippen molar-refractivity contribution >= 4 is 5.91 Å². The van der Waals surface area contributed by atoms with Crippen LogP contribution in [0.15, 0.2) is 24.3 Å². The van der Waals surface area contributed by atoms with Crippen LogP contribution in [-0.4, -0.2) is 30.4 Å². The molecule has 0 spiro atoms. The van der Waals surface area contributed by atoms with Crippen molar-refractivity contribution in [3.63, 3.8) is 0 Å². The van der Waals surface area contributed by atoms with Crippen LogP contribution in [0.4, 0.5) is 0 Å². The van der Waals surface area contributed by atoms with Gasteiger partial charge < -0.3 is 10.2 Å². The summed E-state index contributed by atoms with van der Waals surface area (Å²) in [6.45, 7) is 4.64. The Labute approximate surface area is 127 Å². The summed E-state index contributed by atoms with van der Waals surface area (Å²) in [5.74, 6) is 0.831. The van der Waals surface area contributed by atoms with Crippen LogP contribution in [0.5, 0.6) is 0 Å². The van der Waals surface area contributed by atoms with Crippen molar-refractivity contribution in [3.8, 4) is 0 Å². The van der Waals surface area contributed by atoms with Crippen LogP contribution in [0.2, 0.25) is 0 Å². The fourth-order valence-electron chi connectivity index (χ4n) is 3.69. The Morgan fingerprint density at radius 3 is 2.57 bits per heavy atom. The summed E-state index contributed by atoms with van der Waals surface area (Å²) < 4.78 is 0. The predicted octanol–water partition coefficient (Wildman–Crippen LogP) is 3.23. The second kappa shape index (κ2) is 6.61. The van der Waals surface area contributed by atoms with E-state index in [1.54, 1.807) is 6.92 Å². The number of benzene rings is 1. The summed E-state index contributed by atoms with van der Waals surface area (Å²) in [5.41, 5.74) is 2.91. The van der Waals surface area contributed by atoms with Gasteiger partial charge in [0.25, 0.3) is 0 Å². The van der Waals surface area contributed by atoms with Gasteiger partial charge in [-0.25, -0.2) is 0 Å². The number of piperidine rings is 2. The molecule has 114 valence electrons. The van der Waals surface area contributed by atoms with Crippen molar-refractivity contribution in [2.24, 2.45) is 0 Å². The molecule has 1 amide bonds. The summed E-state index contributed by atoms with van der Waals surface area (Å²) >= 11 is 0. The Kier molecular flexibility index (Phi) is 4.59. The smallest absolute Gasteiger partial charge is 0.219 e. The van der Waals surface area contributed by atoms with Gasteiger partial charge in [-0.15, -0.1) is 0 Å². The van der Waals surface area contributed by atoms with E-state index >= 15 is 0 Å². The number of amides is 1. The minimum Gasteiger partial charge on any atom is -0.343 e. The first kappa shape index (κ1) is 14.6. The zero-order valence-electron chi connectivity index (χ0n) is 13.0. The average molecular weight is 286 g/mol. The highest BCUT2D eigenvalue weighted by Crippen LogP contribution is 2.31. The highest BCUT2D eigenvalue weighted by Gasteiger charge is 2.23. The lowest BCUT2D eigenvalue weighted by Gasteiger charge is -2.32. The van der Waals surface area contributed by atoms with Crippen molar-refractivity contribution in [1.29, 1.82) is 0 Å². The number of carbonyl (C=O) groups excluding carboxylic acids is 1. The normalized spacial score (nSPS) is 24.0. The summed E-state index contributed by atoms with van der Waals surface area (Å²) in [6, 6.07) is 9.67. The standard InChI is InChI=1S/C18H26N2O/c1-14(21)20-11-8-15(9-12-20)16-5-4-6-17(13-16)18-7-2-3-10-19-18/h4-6,13,15,18-19H,2-3,7-12H2,1H3/t18-/m0/s1. The Morgan fingerprint density at radius 1 is 1.14 bits per heavy atom. The number of nitrogens with one attached hydrogen (secondary N) is 1. The lowest BCUT2D eigenvalue weighted by molar-refractivity contribution is -0.129. The van der Waals surface area contributed by atoms with E-state index in [0.29, 0.717) is 12.0 Å². The summed E-state index contributed by atoms with van der Waals surface area (Å²) in [5, 5.41) is 3.63. The summed E-state index contributed by atoms with van der Waals surface area (Å²) in [7, 11) is 0. The first-order valence-corrected chi connectivity index (χ1v) is 8.33. The molecule has 2 fully saturated rings. The molecule has 1 atom stereocenters. The van der Waals surface area contributed by atoms with E-state index in [1.165, 1.54) is 30.4 Å². The molecule has 2 heterocycles. The number of nitrogens with zero attached hydrogens (tertiary/aromatic N) is 1. The van der Waals surface area contributed by atoms with Crippen LogP contribution < -0.4 is 5.32 Å². The third kappa shape index (κ3) is 3.46. The van der Waals surface area contributed by atoms with E-state index in [2.05, 4.69) is 29.6 Å². The predicted molar refractivity (Wildman–Crippen MR) is 85.3 cm³/mol. The van der Waals surface area contributed by atoms with Crippen molar-refractivity contribution in [1.82, 2.24) is 10.2 Å². The molecule has 2 aliphatic heterocycles. The summed E-state index contributed by atoms with van der Waals surface area (Å²) in [6.07, 6.45) is 6.09. The minimum absolute atomic E-state index is 0.216. The topological polar surface area (TPSA) is 32.3 Å². The Bertz CT molecular complexity index is 486. The van der Waals surface area contributed by atoms with Crippen molar-refractivity contribution < 1.29 is 4.79 Å². The third-order valence-corrected chi connectivity index (χ3v) is 5.04. The summed E-state index contributed by atoms with van der Waals surface area (Å²) in [4.78, 5) is 13.4. The highest BCUT2D eigenvalue weighted by molar-refractivity contribution is 5.73. The number of hydrogen-bond donors (Lipinski definition) is 1. The van der Waals surface area contributed by atoms with Gasteiger partial charge in [0.1, 0.15) is 0 Å². The molecular weight excluding hydrogens is 260 g/mol. The van der Waals surface area contributed by atoms with E-state index in [1.807, 2.05) is 4.90 Å². The lowest BCUT2D eigenvalue weighted by atomic mass is 9.87. The Hall–Kier alpha value is -1.35. The SMILES string of the molecule is CC(=O)N1CCC(c2cccc([C@@H]3CCCCN3)c2)CC1. The van der Waals surface area contributed by atoms with E-state index in [4.69, 9.17) is 0 Å². The van der Waals surface area contributed by atoms with Gasteiger partial charge in [0.05, 0.1) is 0 Å². The van der Waals surface area contributed by atoms with E-state index < -0.39 is 0 Å². The molecule has 3 nitrogen and oxygen atoms in total. The molecule has 0 saturated carbocycles. The zero-order chi connectivity index (χ0) is 14.7. The molecule has 0 aromatic heterocycles. The molecule has 3 rings (SSSR count). The second-order valence-electron chi connectivity index (χ2n) is 6.45. The number of carbonyl (C=O) groups is 1. The van der Waals surface area contributed by atoms with Crippen LogP contribution in [-0.2, 0) is 4.79 Å². The largest absolute Gasteiger partial charge is 0.343 e.